The van der Waals surface area contributed by atoms with Gasteiger partial charge in [-0.05, 0) is 47.4 Å². The van der Waals surface area contributed by atoms with Crippen LogP contribution in [0.25, 0.3) is 10.8 Å². The van der Waals surface area contributed by atoms with Crippen LogP contribution < -0.4 is 16.4 Å². The third-order valence-electron chi connectivity index (χ3n) is 5.60. The molecule has 2 aliphatic carbocycles. The number of rotatable bonds is 3. The Morgan fingerprint density at radius 3 is 2.76 bits per heavy atom. The second kappa shape index (κ2) is 6.75. The highest BCUT2D eigenvalue weighted by molar-refractivity contribution is 5.95. The lowest BCUT2D eigenvalue weighted by atomic mass is 9.95. The molecule has 0 spiro atoms. The van der Waals surface area contributed by atoms with Gasteiger partial charge in [0.1, 0.15) is 0 Å². The number of nitrogens with one attached hydrogen (secondary N) is 2. The molecule has 0 radical (unpaired) electrons. The molecular formula is C20H24N4O. The van der Waals surface area contributed by atoms with E-state index in [0.717, 1.165) is 23.3 Å². The molecule has 2 aliphatic rings. The van der Waals surface area contributed by atoms with E-state index in [1.807, 2.05) is 24.3 Å². The Kier molecular flexibility index (Phi) is 4.30. The summed E-state index contributed by atoms with van der Waals surface area (Å²) in [6.07, 6.45) is 4.92. The number of benzene rings is 2. The number of guanidine groups is 1. The van der Waals surface area contributed by atoms with E-state index in [4.69, 9.17) is 5.73 Å². The van der Waals surface area contributed by atoms with Crippen LogP contribution in [0.5, 0.6) is 0 Å². The van der Waals surface area contributed by atoms with Crippen molar-refractivity contribution in [3.8, 4) is 0 Å². The molecule has 2 aromatic rings. The van der Waals surface area contributed by atoms with Crippen LogP contribution in [0, 0.1) is 11.8 Å². The molecule has 0 saturated heterocycles. The van der Waals surface area contributed by atoms with Crippen LogP contribution in [0.2, 0.25) is 0 Å². The van der Waals surface area contributed by atoms with Crippen molar-refractivity contribution in [2.75, 3.05) is 0 Å². The SMILES string of the molecule is NC(=NCc1cccc2ccccc12)NC(=O)N[C@H]1C[C@H]2CC[C@H]1C2. The normalized spacial score (nSPS) is 25.3. The Balaban J connectivity index is 1.35. The smallest absolute Gasteiger partial charge is 0.321 e. The number of nitrogens with zero attached hydrogens (tertiary/aromatic N) is 1. The van der Waals surface area contributed by atoms with E-state index in [-0.39, 0.29) is 12.0 Å². The molecule has 0 unspecified atom stereocenters. The minimum atomic E-state index is -0.239. The first-order valence-electron chi connectivity index (χ1n) is 9.03. The number of fused-ring (bicyclic) bond motifs is 3. The van der Waals surface area contributed by atoms with Crippen LogP contribution in [0.3, 0.4) is 0 Å². The fraction of sp³-hybridized carbons (Fsp3) is 0.400. The van der Waals surface area contributed by atoms with Gasteiger partial charge in [-0.25, -0.2) is 9.79 Å². The molecule has 0 aliphatic heterocycles. The van der Waals surface area contributed by atoms with E-state index in [2.05, 4.69) is 33.8 Å². The van der Waals surface area contributed by atoms with Gasteiger partial charge < -0.3 is 11.1 Å². The largest absolute Gasteiger partial charge is 0.370 e. The molecule has 130 valence electrons. The van der Waals surface area contributed by atoms with Crippen LogP contribution in [0.15, 0.2) is 47.5 Å². The Morgan fingerprint density at radius 2 is 1.96 bits per heavy atom. The Bertz CT molecular complexity index is 811. The number of aliphatic imine (C=N–C) groups is 1. The van der Waals surface area contributed by atoms with Crippen LogP contribution in [0.4, 0.5) is 4.79 Å². The lowest BCUT2D eigenvalue weighted by molar-refractivity contribution is 0.235. The first kappa shape index (κ1) is 15.9. The van der Waals surface area contributed by atoms with E-state index < -0.39 is 0 Å². The summed E-state index contributed by atoms with van der Waals surface area (Å²) in [7, 11) is 0. The molecule has 4 rings (SSSR count). The van der Waals surface area contributed by atoms with Crippen LogP contribution >= 0.6 is 0 Å². The number of hydrogen-bond acceptors (Lipinski definition) is 2. The van der Waals surface area contributed by atoms with Crippen molar-refractivity contribution in [2.24, 2.45) is 22.6 Å². The maximum absolute atomic E-state index is 12.1. The summed E-state index contributed by atoms with van der Waals surface area (Å²) in [5.41, 5.74) is 6.99. The van der Waals surface area contributed by atoms with E-state index in [0.29, 0.717) is 18.5 Å². The van der Waals surface area contributed by atoms with Crippen LogP contribution in [-0.2, 0) is 6.54 Å². The predicted octanol–water partition coefficient (Wildman–Crippen LogP) is 3.14. The van der Waals surface area contributed by atoms with E-state index >= 15 is 0 Å². The van der Waals surface area contributed by atoms with Gasteiger partial charge in [-0.3, -0.25) is 5.32 Å². The summed E-state index contributed by atoms with van der Waals surface area (Å²) in [5, 5.41) is 8.06. The fourth-order valence-corrected chi connectivity index (χ4v) is 4.38. The summed E-state index contributed by atoms with van der Waals surface area (Å²) in [6.45, 7) is 0.446. The summed E-state index contributed by atoms with van der Waals surface area (Å²) in [6, 6.07) is 14.4. The molecule has 5 heteroatoms. The van der Waals surface area contributed by atoms with Crippen molar-refractivity contribution in [3.63, 3.8) is 0 Å². The van der Waals surface area contributed by atoms with Gasteiger partial charge in [0.25, 0.3) is 0 Å². The van der Waals surface area contributed by atoms with Crippen molar-refractivity contribution in [2.45, 2.75) is 38.3 Å². The van der Waals surface area contributed by atoms with Gasteiger partial charge in [-0.15, -0.1) is 0 Å². The molecule has 25 heavy (non-hydrogen) atoms. The minimum absolute atomic E-state index is 0.161. The van der Waals surface area contributed by atoms with E-state index in [9.17, 15) is 4.79 Å². The third-order valence-corrected chi connectivity index (χ3v) is 5.60. The highest BCUT2D eigenvalue weighted by Gasteiger charge is 2.40. The van der Waals surface area contributed by atoms with Crippen LogP contribution in [0.1, 0.15) is 31.2 Å². The van der Waals surface area contributed by atoms with Gasteiger partial charge >= 0.3 is 6.03 Å². The maximum atomic E-state index is 12.1. The molecule has 2 saturated carbocycles. The quantitative estimate of drug-likeness (QED) is 0.595. The number of hydrogen-bond donors (Lipinski definition) is 3. The van der Waals surface area contributed by atoms with Crippen molar-refractivity contribution in [1.29, 1.82) is 0 Å². The molecule has 2 fully saturated rings. The number of nitrogens with two attached hydrogens (primary N) is 1. The zero-order valence-electron chi connectivity index (χ0n) is 14.2. The molecule has 2 amide bonds. The average molecular weight is 336 g/mol. The molecule has 2 aromatic carbocycles. The predicted molar refractivity (Wildman–Crippen MR) is 100 cm³/mol. The molecular weight excluding hydrogens is 312 g/mol. The monoisotopic (exact) mass is 336 g/mol. The topological polar surface area (TPSA) is 79.5 Å². The molecule has 0 heterocycles. The fourth-order valence-electron chi connectivity index (χ4n) is 4.38. The molecule has 4 N–H and O–H groups in total. The maximum Gasteiger partial charge on any atom is 0.321 e. The summed E-state index contributed by atoms with van der Waals surface area (Å²) in [5.74, 6) is 1.60. The lowest BCUT2D eigenvalue weighted by Gasteiger charge is -2.22. The van der Waals surface area contributed by atoms with Crippen LogP contribution in [-0.4, -0.2) is 18.0 Å². The summed E-state index contributed by atoms with van der Waals surface area (Å²) in [4.78, 5) is 16.5. The molecule has 0 aromatic heterocycles. The minimum Gasteiger partial charge on any atom is -0.370 e. The van der Waals surface area contributed by atoms with E-state index in [1.165, 1.54) is 24.6 Å². The Labute approximate surface area is 147 Å². The zero-order chi connectivity index (χ0) is 17.2. The first-order chi connectivity index (χ1) is 12.2. The Morgan fingerprint density at radius 1 is 1.12 bits per heavy atom. The second-order valence-electron chi connectivity index (χ2n) is 7.22. The van der Waals surface area contributed by atoms with Gasteiger partial charge in [0, 0.05) is 6.04 Å². The molecule has 2 bridgehead atoms. The number of amides is 2. The molecule has 5 nitrogen and oxygen atoms in total. The van der Waals surface area contributed by atoms with Gasteiger partial charge in [0.15, 0.2) is 5.96 Å². The highest BCUT2D eigenvalue weighted by Crippen LogP contribution is 2.44. The Hall–Kier alpha value is -2.56. The highest BCUT2D eigenvalue weighted by atomic mass is 16.2. The molecule has 3 atom stereocenters. The van der Waals surface area contributed by atoms with Crippen molar-refractivity contribution >= 4 is 22.8 Å². The first-order valence-corrected chi connectivity index (χ1v) is 9.03. The average Bonchev–Trinajstić information content (AvgIpc) is 3.22. The van der Waals surface area contributed by atoms with Crippen molar-refractivity contribution in [3.05, 3.63) is 48.0 Å². The zero-order valence-corrected chi connectivity index (χ0v) is 14.2. The summed E-state index contributed by atoms with van der Waals surface area (Å²) >= 11 is 0. The number of carbonyl (C=O) groups excluding carboxylic acids is 1. The van der Waals surface area contributed by atoms with Crippen molar-refractivity contribution in [1.82, 2.24) is 10.6 Å². The van der Waals surface area contributed by atoms with E-state index in [1.54, 1.807) is 0 Å². The van der Waals surface area contributed by atoms with Gasteiger partial charge in [-0.2, -0.15) is 0 Å². The van der Waals surface area contributed by atoms with Gasteiger partial charge in [0.05, 0.1) is 6.54 Å². The standard InChI is InChI=1S/C20H24N4O/c21-19(24-20(25)23-18-11-13-8-9-15(18)10-13)22-12-16-6-3-5-14-4-1-2-7-17(14)16/h1-7,13,15,18H,8-12H2,(H4,21,22,23,24,25)/t13-,15-,18-/m0/s1. The number of carbonyl (C=O) groups is 1. The summed E-state index contributed by atoms with van der Waals surface area (Å²) < 4.78 is 0. The second-order valence-corrected chi connectivity index (χ2v) is 7.22. The third kappa shape index (κ3) is 3.45. The van der Waals surface area contributed by atoms with Gasteiger partial charge in [0.2, 0.25) is 0 Å². The van der Waals surface area contributed by atoms with Gasteiger partial charge in [-0.1, -0.05) is 48.9 Å². The van der Waals surface area contributed by atoms with Crippen molar-refractivity contribution < 1.29 is 4.79 Å². The lowest BCUT2D eigenvalue weighted by Crippen LogP contribution is -2.48. The number of urea groups is 1.